The molecule has 0 aliphatic carbocycles. The number of hydrogen-bond acceptors (Lipinski definition) is 15. The number of ether oxygens (including phenoxy) is 2. The molecule has 0 atom stereocenters. The fourth-order valence-corrected chi connectivity index (χ4v) is 5.59. The molecule has 0 amide bonds. The van der Waals surface area contributed by atoms with E-state index in [0.717, 1.165) is 12.3 Å². The molecule has 3 aromatic carbocycles. The topological polar surface area (TPSA) is 319 Å². The van der Waals surface area contributed by atoms with E-state index in [9.17, 15) is 60.6 Å². The summed E-state index contributed by atoms with van der Waals surface area (Å²) < 4.78 is 69.4. The van der Waals surface area contributed by atoms with Crippen LogP contribution in [-0.4, -0.2) is 72.7 Å². The first-order valence-electron chi connectivity index (χ1n) is 14.1. The maximum Gasteiger partial charge on any atom is 0.348 e. The van der Waals surface area contributed by atoms with E-state index >= 15 is 0 Å². The van der Waals surface area contributed by atoms with Crippen molar-refractivity contribution in [2.75, 3.05) is 41.7 Å². The van der Waals surface area contributed by atoms with Crippen LogP contribution in [0.15, 0.2) is 61.6 Å². The lowest BCUT2D eigenvalue weighted by molar-refractivity contribution is -0.387. The van der Waals surface area contributed by atoms with Crippen molar-refractivity contribution >= 4 is 58.9 Å². The van der Waals surface area contributed by atoms with Crippen molar-refractivity contribution < 1.29 is 40.5 Å². The molecule has 0 radical (unpaired) electrons. The van der Waals surface area contributed by atoms with E-state index in [2.05, 4.69) is 15.3 Å². The summed E-state index contributed by atoms with van der Waals surface area (Å²) in [5.41, 5.74) is -5.50. The largest absolute Gasteiger partial charge is 0.497 e. The molecule has 5 rings (SSSR count). The van der Waals surface area contributed by atoms with Gasteiger partial charge in [0, 0.05) is 30.3 Å². The Labute approximate surface area is 293 Å². The summed E-state index contributed by atoms with van der Waals surface area (Å²) >= 11 is 0. The average Bonchev–Trinajstić information content (AvgIpc) is 3.06. The van der Waals surface area contributed by atoms with Crippen molar-refractivity contribution in [3.8, 4) is 11.5 Å². The van der Waals surface area contributed by atoms with Gasteiger partial charge in [0.05, 0.1) is 58.4 Å². The third-order valence-electron chi connectivity index (χ3n) is 6.85. The quantitative estimate of drug-likeness (QED) is 0.0868. The summed E-state index contributed by atoms with van der Waals surface area (Å²) in [5.74, 6) is -0.253. The second-order valence-corrected chi connectivity index (χ2v) is 14.1. The third-order valence-corrected chi connectivity index (χ3v) is 7.88. The van der Waals surface area contributed by atoms with Gasteiger partial charge in [0.1, 0.15) is 17.2 Å². The summed E-state index contributed by atoms with van der Waals surface area (Å²) in [6, 6.07) is 8.46. The molecule has 2 aromatic heterocycles. The number of aromatic amines is 2. The highest BCUT2D eigenvalue weighted by atomic mass is 32.2. The lowest BCUT2D eigenvalue weighted by atomic mass is 10.1. The van der Waals surface area contributed by atoms with Crippen molar-refractivity contribution in [3.63, 3.8) is 0 Å². The summed E-state index contributed by atoms with van der Waals surface area (Å²) in [6.45, 7) is 0.0959. The van der Waals surface area contributed by atoms with Crippen LogP contribution in [0.2, 0.25) is 0 Å². The van der Waals surface area contributed by atoms with Crippen LogP contribution in [0.25, 0.3) is 21.8 Å². The van der Waals surface area contributed by atoms with E-state index in [0.29, 0.717) is 35.5 Å². The molecule has 282 valence electrons. The maximum absolute atomic E-state index is 13.5. The second-order valence-electron chi connectivity index (χ2n) is 10.7. The molecule has 0 fully saturated rings. The number of benzene rings is 3. The number of aromatic nitrogens is 4. The fraction of sp³-hybridized carbons (Fsp3) is 0.185. The number of nitrogens with one attached hydrogen (secondary N) is 5. The molecule has 0 aliphatic rings. The Bertz CT molecular complexity index is 2780. The minimum Gasteiger partial charge on any atom is -0.497 e. The van der Waals surface area contributed by atoms with Crippen molar-refractivity contribution in [1.82, 2.24) is 19.3 Å². The summed E-state index contributed by atoms with van der Waals surface area (Å²) in [7, 11) is -4.91. The van der Waals surface area contributed by atoms with Crippen LogP contribution in [0, 0.1) is 26.0 Å². The van der Waals surface area contributed by atoms with Crippen LogP contribution in [0.3, 0.4) is 0 Å². The van der Waals surface area contributed by atoms with E-state index in [1.54, 1.807) is 27.9 Å². The fourth-order valence-electron chi connectivity index (χ4n) is 4.60. The van der Waals surface area contributed by atoms with Crippen LogP contribution in [-0.2, 0) is 26.6 Å². The lowest BCUT2D eigenvalue weighted by Crippen LogP contribution is -2.43. The molecular formula is C27H26FN9O14S2. The maximum atomic E-state index is 13.5. The number of nitrogens with zero attached hydrogens (tertiary/aromatic N) is 4. The van der Waals surface area contributed by atoms with Crippen molar-refractivity contribution in [2.24, 2.45) is 0 Å². The molecule has 23 nitrogen and oxygen atoms in total. The highest BCUT2D eigenvalue weighted by molar-refractivity contribution is 7.91. The Morgan fingerprint density at radius 1 is 0.755 bits per heavy atom. The standard InChI is InChI=1S/C18H19N5O8S.C9H7FN4O6S/c1-30-11-5-4-10(16(6-11)31-2)9-19-14-7-12-13(8-15(14)23(26)27)20-18(25)22(17(12)24)21-32(3,28)29;1-21(19,20)12-13-8(15)4-2-5(10)7(14(17)18)3-6(4)11-9(13)16/h4-8,19,21H,9H2,1-3H3,(H,20,25);2-3,12H,1H3,(H,11,16). The van der Waals surface area contributed by atoms with Gasteiger partial charge in [0.15, 0.2) is 0 Å². The number of nitro benzene ring substituents is 2. The van der Waals surface area contributed by atoms with Gasteiger partial charge in [-0.05, 0) is 24.3 Å². The van der Waals surface area contributed by atoms with Crippen LogP contribution in [0.4, 0.5) is 21.5 Å². The van der Waals surface area contributed by atoms with Gasteiger partial charge in [-0.3, -0.25) is 29.8 Å². The first-order chi connectivity index (χ1) is 24.6. The normalized spacial score (nSPS) is 11.3. The van der Waals surface area contributed by atoms with Crippen LogP contribution >= 0.6 is 0 Å². The zero-order chi connectivity index (χ0) is 39.6. The Balaban J connectivity index is 0.000000258. The van der Waals surface area contributed by atoms with Gasteiger partial charge in [-0.2, -0.15) is 13.7 Å². The van der Waals surface area contributed by atoms with Gasteiger partial charge in [-0.25, -0.2) is 36.1 Å². The minimum atomic E-state index is -3.94. The number of sulfonamides is 2. The highest BCUT2D eigenvalue weighted by Gasteiger charge is 2.21. The van der Waals surface area contributed by atoms with E-state index < -0.39 is 75.0 Å². The second kappa shape index (κ2) is 14.8. The molecule has 0 unspecified atom stereocenters. The zero-order valence-electron chi connectivity index (χ0n) is 27.4. The number of halogens is 1. The lowest BCUT2D eigenvalue weighted by Gasteiger charge is -2.13. The van der Waals surface area contributed by atoms with E-state index in [1.165, 1.54) is 20.3 Å². The van der Waals surface area contributed by atoms with Crippen LogP contribution < -0.4 is 47.0 Å². The molecule has 26 heteroatoms. The molecule has 53 heavy (non-hydrogen) atoms. The van der Waals surface area contributed by atoms with Crippen molar-refractivity contribution in [2.45, 2.75) is 6.54 Å². The number of rotatable bonds is 11. The van der Waals surface area contributed by atoms with Gasteiger partial charge >= 0.3 is 17.1 Å². The van der Waals surface area contributed by atoms with Gasteiger partial charge in [0.25, 0.3) is 16.8 Å². The predicted molar refractivity (Wildman–Crippen MR) is 186 cm³/mol. The van der Waals surface area contributed by atoms with Crippen molar-refractivity contribution in [3.05, 3.63) is 116 Å². The van der Waals surface area contributed by atoms with Gasteiger partial charge in [-0.1, -0.05) is 0 Å². The number of nitro groups is 2. The van der Waals surface area contributed by atoms with E-state index in [-0.39, 0.29) is 38.0 Å². The number of hydrogen-bond donors (Lipinski definition) is 5. The number of methoxy groups -OCH3 is 2. The molecular weight excluding hydrogens is 757 g/mol. The third kappa shape index (κ3) is 8.92. The van der Waals surface area contributed by atoms with Crippen LogP contribution in [0.5, 0.6) is 11.5 Å². The molecule has 0 bridgehead atoms. The van der Waals surface area contributed by atoms with Gasteiger partial charge in [-0.15, -0.1) is 0 Å². The predicted octanol–water partition coefficient (Wildman–Crippen LogP) is -0.0294. The van der Waals surface area contributed by atoms with Gasteiger partial charge in [0.2, 0.25) is 25.9 Å². The monoisotopic (exact) mass is 783 g/mol. The Hall–Kier alpha value is -6.83. The van der Waals surface area contributed by atoms with E-state index in [4.69, 9.17) is 9.47 Å². The summed E-state index contributed by atoms with van der Waals surface area (Å²) in [4.78, 5) is 76.6. The molecule has 0 aliphatic heterocycles. The number of H-pyrrole nitrogens is 2. The van der Waals surface area contributed by atoms with Gasteiger partial charge < -0.3 is 24.8 Å². The summed E-state index contributed by atoms with van der Waals surface area (Å²) in [5, 5.41) is 24.5. The molecule has 0 saturated carbocycles. The smallest absolute Gasteiger partial charge is 0.348 e. The SMILES string of the molecule is COc1ccc(CNc2cc3c(=O)n(NS(C)(=O)=O)c(=O)[nH]c3cc2[N+](=O)[O-])c(OC)c1.CS(=O)(=O)Nn1c(=O)[nH]c2cc([N+](=O)[O-])c(F)cc2c1=O. The molecule has 5 aromatic rings. The van der Waals surface area contributed by atoms with E-state index in [1.807, 2.05) is 0 Å². The average molecular weight is 784 g/mol. The Morgan fingerprint density at radius 2 is 1.25 bits per heavy atom. The Morgan fingerprint density at radius 3 is 1.70 bits per heavy atom. The number of anilines is 1. The van der Waals surface area contributed by atoms with Crippen molar-refractivity contribution in [1.29, 1.82) is 0 Å². The molecule has 5 N–H and O–H groups in total. The molecule has 0 spiro atoms. The molecule has 2 heterocycles. The summed E-state index contributed by atoms with van der Waals surface area (Å²) in [6.07, 6.45) is 1.48. The zero-order valence-corrected chi connectivity index (χ0v) is 29.1. The van der Waals surface area contributed by atoms with Crippen LogP contribution in [0.1, 0.15) is 5.56 Å². The molecule has 0 saturated heterocycles. The first-order valence-corrected chi connectivity index (χ1v) is 17.9. The number of fused-ring (bicyclic) bond motifs is 2. The highest BCUT2D eigenvalue weighted by Crippen LogP contribution is 2.30. The minimum absolute atomic E-state index is 0.0181. The first kappa shape index (κ1) is 39.0. The Kier molecular flexibility index (Phi) is 10.9.